The Morgan fingerprint density at radius 2 is 2.26 bits per heavy atom. The van der Waals surface area contributed by atoms with Crippen molar-refractivity contribution in [1.29, 1.82) is 0 Å². The fourth-order valence-corrected chi connectivity index (χ4v) is 2.61. The van der Waals surface area contributed by atoms with Crippen LogP contribution in [0, 0.1) is 0 Å². The van der Waals surface area contributed by atoms with E-state index < -0.39 is 0 Å². The molecular weight excluding hydrogens is 258 g/mol. The minimum absolute atomic E-state index is 0.286. The average molecular weight is 277 g/mol. The third-order valence-electron chi connectivity index (χ3n) is 2.71. The van der Waals surface area contributed by atoms with E-state index in [9.17, 15) is 0 Å². The molecule has 19 heavy (non-hydrogen) atoms. The number of ether oxygens (including phenoxy) is 1. The molecule has 1 atom stereocenters. The summed E-state index contributed by atoms with van der Waals surface area (Å²) in [7, 11) is 0. The zero-order valence-corrected chi connectivity index (χ0v) is 12.1. The van der Waals surface area contributed by atoms with Crippen molar-refractivity contribution in [2.75, 3.05) is 11.9 Å². The highest BCUT2D eigenvalue weighted by molar-refractivity contribution is 7.10. The number of nitrogens with one attached hydrogen (secondary N) is 1. The topological polar surface area (TPSA) is 47.0 Å². The second-order valence-electron chi connectivity index (χ2n) is 4.21. The Morgan fingerprint density at radius 1 is 1.37 bits per heavy atom. The van der Waals surface area contributed by atoms with Gasteiger partial charge in [0.05, 0.1) is 12.6 Å². The standard InChI is InChI=1S/C14H19N3OS/c1-3-7-18-14-9-13(15-10-16-14)17-11(4-2)12-6-5-8-19-12/h5-6,8-11H,3-4,7H2,1-2H3,(H,15,16,17). The van der Waals surface area contributed by atoms with Gasteiger partial charge >= 0.3 is 0 Å². The summed E-state index contributed by atoms with van der Waals surface area (Å²) >= 11 is 1.76. The monoisotopic (exact) mass is 277 g/mol. The Kier molecular flexibility index (Phi) is 5.15. The largest absolute Gasteiger partial charge is 0.478 e. The maximum Gasteiger partial charge on any atom is 0.218 e. The molecule has 5 heteroatoms. The summed E-state index contributed by atoms with van der Waals surface area (Å²) in [6.07, 6.45) is 3.52. The molecule has 0 aliphatic heterocycles. The van der Waals surface area contributed by atoms with Crippen LogP contribution >= 0.6 is 11.3 Å². The van der Waals surface area contributed by atoms with Crippen molar-refractivity contribution in [2.45, 2.75) is 32.7 Å². The van der Waals surface area contributed by atoms with Gasteiger partial charge in [0.15, 0.2) is 0 Å². The van der Waals surface area contributed by atoms with Crippen molar-refractivity contribution >= 4 is 17.2 Å². The van der Waals surface area contributed by atoms with Crippen LogP contribution in [0.25, 0.3) is 0 Å². The molecule has 0 aliphatic carbocycles. The van der Waals surface area contributed by atoms with Gasteiger partial charge < -0.3 is 10.1 Å². The Bertz CT molecular complexity index is 487. The normalized spacial score (nSPS) is 12.1. The van der Waals surface area contributed by atoms with Gasteiger partial charge in [-0.3, -0.25) is 0 Å². The number of rotatable bonds is 7. The van der Waals surface area contributed by atoms with Gasteiger partial charge in [-0.2, -0.15) is 0 Å². The molecule has 0 aromatic carbocycles. The predicted molar refractivity (Wildman–Crippen MR) is 78.8 cm³/mol. The molecule has 102 valence electrons. The minimum atomic E-state index is 0.286. The van der Waals surface area contributed by atoms with Crippen molar-refractivity contribution in [3.8, 4) is 5.88 Å². The molecule has 2 aromatic rings. The van der Waals surface area contributed by atoms with E-state index in [-0.39, 0.29) is 6.04 Å². The van der Waals surface area contributed by atoms with Crippen molar-refractivity contribution in [1.82, 2.24) is 9.97 Å². The Morgan fingerprint density at radius 3 is 2.95 bits per heavy atom. The Balaban J connectivity index is 2.05. The van der Waals surface area contributed by atoms with Crippen LogP contribution in [0.15, 0.2) is 29.9 Å². The molecule has 2 rings (SSSR count). The molecule has 1 N–H and O–H groups in total. The van der Waals surface area contributed by atoms with E-state index >= 15 is 0 Å². The van der Waals surface area contributed by atoms with Gasteiger partial charge in [0.1, 0.15) is 12.1 Å². The molecule has 4 nitrogen and oxygen atoms in total. The third-order valence-corrected chi connectivity index (χ3v) is 3.70. The number of hydrogen-bond donors (Lipinski definition) is 1. The van der Waals surface area contributed by atoms with E-state index in [1.165, 1.54) is 11.2 Å². The number of aromatic nitrogens is 2. The van der Waals surface area contributed by atoms with Crippen LogP contribution in [0.4, 0.5) is 5.82 Å². The summed E-state index contributed by atoms with van der Waals surface area (Å²) in [6.45, 7) is 4.91. The maximum atomic E-state index is 5.51. The van der Waals surface area contributed by atoms with Gasteiger partial charge in [-0.15, -0.1) is 11.3 Å². The molecule has 0 fully saturated rings. The van der Waals surface area contributed by atoms with Gasteiger partial charge in [-0.1, -0.05) is 19.9 Å². The highest BCUT2D eigenvalue weighted by Gasteiger charge is 2.11. The lowest BCUT2D eigenvalue weighted by atomic mass is 10.2. The predicted octanol–water partition coefficient (Wildman–Crippen LogP) is 3.89. The molecule has 2 heterocycles. The first-order valence-electron chi connectivity index (χ1n) is 6.58. The first-order chi connectivity index (χ1) is 9.33. The first kappa shape index (κ1) is 13.8. The summed E-state index contributed by atoms with van der Waals surface area (Å²) in [6, 6.07) is 6.35. The van der Waals surface area contributed by atoms with Gasteiger partial charge in [0, 0.05) is 10.9 Å². The molecule has 0 saturated carbocycles. The molecule has 2 aromatic heterocycles. The van der Waals surface area contributed by atoms with Gasteiger partial charge in [-0.25, -0.2) is 9.97 Å². The van der Waals surface area contributed by atoms with Crippen LogP contribution in [0.3, 0.4) is 0 Å². The zero-order chi connectivity index (χ0) is 13.5. The lowest BCUT2D eigenvalue weighted by Crippen LogP contribution is -2.10. The number of anilines is 1. The number of thiophene rings is 1. The van der Waals surface area contributed by atoms with E-state index in [1.54, 1.807) is 11.3 Å². The van der Waals surface area contributed by atoms with Crippen LogP contribution in [-0.4, -0.2) is 16.6 Å². The smallest absolute Gasteiger partial charge is 0.218 e. The van der Waals surface area contributed by atoms with Crippen LogP contribution < -0.4 is 10.1 Å². The van der Waals surface area contributed by atoms with E-state index in [2.05, 4.69) is 46.6 Å². The Labute approximate surface area is 117 Å². The Hall–Kier alpha value is -1.62. The van der Waals surface area contributed by atoms with E-state index in [1.807, 2.05) is 6.07 Å². The van der Waals surface area contributed by atoms with Crippen molar-refractivity contribution in [3.63, 3.8) is 0 Å². The molecule has 0 radical (unpaired) electrons. The highest BCUT2D eigenvalue weighted by atomic mass is 32.1. The van der Waals surface area contributed by atoms with E-state index in [4.69, 9.17) is 4.74 Å². The number of hydrogen-bond acceptors (Lipinski definition) is 5. The highest BCUT2D eigenvalue weighted by Crippen LogP contribution is 2.26. The summed E-state index contributed by atoms with van der Waals surface area (Å²) in [4.78, 5) is 9.67. The second kappa shape index (κ2) is 7.09. The van der Waals surface area contributed by atoms with E-state index in [0.717, 1.165) is 18.7 Å². The van der Waals surface area contributed by atoms with Crippen molar-refractivity contribution in [2.24, 2.45) is 0 Å². The van der Waals surface area contributed by atoms with Crippen LogP contribution in [0.2, 0.25) is 0 Å². The zero-order valence-electron chi connectivity index (χ0n) is 11.3. The molecule has 0 bridgehead atoms. The summed E-state index contributed by atoms with van der Waals surface area (Å²) in [5, 5.41) is 5.52. The average Bonchev–Trinajstić information content (AvgIpc) is 2.97. The third kappa shape index (κ3) is 3.92. The quantitative estimate of drug-likeness (QED) is 0.834. The SMILES string of the molecule is CCCOc1cc(NC(CC)c2cccs2)ncn1. The minimum Gasteiger partial charge on any atom is -0.478 e. The molecular formula is C14H19N3OS. The van der Waals surface area contributed by atoms with Crippen molar-refractivity contribution < 1.29 is 4.74 Å². The lowest BCUT2D eigenvalue weighted by molar-refractivity contribution is 0.305. The summed E-state index contributed by atoms with van der Waals surface area (Å²) in [5.41, 5.74) is 0. The summed E-state index contributed by atoms with van der Waals surface area (Å²) in [5.74, 6) is 1.43. The van der Waals surface area contributed by atoms with Gasteiger partial charge in [0.2, 0.25) is 5.88 Å². The van der Waals surface area contributed by atoms with E-state index in [0.29, 0.717) is 12.5 Å². The first-order valence-corrected chi connectivity index (χ1v) is 7.46. The lowest BCUT2D eigenvalue weighted by Gasteiger charge is -2.16. The van der Waals surface area contributed by atoms with Crippen LogP contribution in [0.1, 0.15) is 37.6 Å². The van der Waals surface area contributed by atoms with Crippen LogP contribution in [-0.2, 0) is 0 Å². The van der Waals surface area contributed by atoms with Crippen LogP contribution in [0.5, 0.6) is 5.88 Å². The summed E-state index contributed by atoms with van der Waals surface area (Å²) < 4.78 is 5.51. The fraction of sp³-hybridized carbons (Fsp3) is 0.429. The molecule has 0 aliphatic rings. The molecule has 1 unspecified atom stereocenters. The molecule has 0 spiro atoms. The number of nitrogens with zero attached hydrogens (tertiary/aromatic N) is 2. The van der Waals surface area contributed by atoms with Gasteiger partial charge in [0.25, 0.3) is 0 Å². The fourth-order valence-electron chi connectivity index (χ4n) is 1.75. The maximum absolute atomic E-state index is 5.51. The second-order valence-corrected chi connectivity index (χ2v) is 5.19. The van der Waals surface area contributed by atoms with Gasteiger partial charge in [-0.05, 0) is 24.3 Å². The van der Waals surface area contributed by atoms with Crippen molar-refractivity contribution in [3.05, 3.63) is 34.8 Å². The molecule has 0 saturated heterocycles. The molecule has 0 amide bonds.